The molecule has 1 aliphatic rings. The number of aromatic nitrogens is 3. The van der Waals surface area contributed by atoms with Gasteiger partial charge < -0.3 is 24.1 Å². The summed E-state index contributed by atoms with van der Waals surface area (Å²) in [4.78, 5) is 18.6. The van der Waals surface area contributed by atoms with E-state index in [9.17, 15) is 4.79 Å². The number of nitrogens with one attached hydrogen (secondary N) is 1. The van der Waals surface area contributed by atoms with Gasteiger partial charge in [0.15, 0.2) is 0 Å². The van der Waals surface area contributed by atoms with E-state index in [0.717, 1.165) is 0 Å². The van der Waals surface area contributed by atoms with E-state index in [0.29, 0.717) is 42.9 Å². The Balaban J connectivity index is 1.79. The fraction of sp³-hybridized carbons (Fsp3) is 0.500. The SMILES string of the molecule is CCOc1ncccc1NC(=O)N1C[C@@H](OC)C[C@@H]1c1nnc(C)o1. The molecule has 3 rings (SSSR count). The number of amides is 2. The van der Waals surface area contributed by atoms with Gasteiger partial charge in [-0.1, -0.05) is 0 Å². The number of methoxy groups -OCH3 is 1. The molecule has 3 heterocycles. The maximum absolute atomic E-state index is 12.8. The van der Waals surface area contributed by atoms with Crippen LogP contribution >= 0.6 is 0 Å². The van der Waals surface area contributed by atoms with Crippen molar-refractivity contribution in [3.05, 3.63) is 30.1 Å². The molecule has 9 nitrogen and oxygen atoms in total. The van der Waals surface area contributed by atoms with Gasteiger partial charge in [-0.25, -0.2) is 9.78 Å². The van der Waals surface area contributed by atoms with Crippen molar-refractivity contribution in [2.24, 2.45) is 0 Å². The number of anilines is 1. The lowest BCUT2D eigenvalue weighted by atomic mass is 10.2. The average molecular weight is 347 g/mol. The van der Waals surface area contributed by atoms with Crippen LogP contribution in [-0.4, -0.2) is 52.5 Å². The molecule has 0 unspecified atom stereocenters. The van der Waals surface area contributed by atoms with Gasteiger partial charge in [-0.15, -0.1) is 10.2 Å². The number of aryl methyl sites for hydroxylation is 1. The maximum atomic E-state index is 12.8. The number of carbonyl (C=O) groups excluding carboxylic acids is 1. The van der Waals surface area contributed by atoms with Crippen LogP contribution in [0.15, 0.2) is 22.7 Å². The normalized spacial score (nSPS) is 19.9. The van der Waals surface area contributed by atoms with Crippen molar-refractivity contribution in [3.63, 3.8) is 0 Å². The predicted molar refractivity (Wildman–Crippen MR) is 88.3 cm³/mol. The van der Waals surface area contributed by atoms with Crippen molar-refractivity contribution in [1.29, 1.82) is 0 Å². The van der Waals surface area contributed by atoms with Gasteiger partial charge in [-0.3, -0.25) is 0 Å². The molecule has 25 heavy (non-hydrogen) atoms. The molecule has 2 aromatic rings. The molecule has 1 fully saturated rings. The number of likely N-dealkylation sites (tertiary alicyclic amines) is 1. The monoisotopic (exact) mass is 347 g/mol. The van der Waals surface area contributed by atoms with Gasteiger partial charge in [0.25, 0.3) is 0 Å². The molecule has 0 spiro atoms. The summed E-state index contributed by atoms with van der Waals surface area (Å²) in [7, 11) is 1.62. The number of hydrogen-bond donors (Lipinski definition) is 1. The second-order valence-electron chi connectivity index (χ2n) is 5.64. The highest BCUT2D eigenvalue weighted by atomic mass is 16.5. The summed E-state index contributed by atoms with van der Waals surface area (Å²) < 4.78 is 16.4. The van der Waals surface area contributed by atoms with Crippen LogP contribution in [0, 0.1) is 6.92 Å². The largest absolute Gasteiger partial charge is 0.476 e. The molecule has 2 atom stereocenters. The zero-order valence-electron chi connectivity index (χ0n) is 14.4. The first kappa shape index (κ1) is 17.2. The highest BCUT2D eigenvalue weighted by Crippen LogP contribution is 2.33. The van der Waals surface area contributed by atoms with Crippen molar-refractivity contribution in [2.75, 3.05) is 25.6 Å². The first-order chi connectivity index (χ1) is 12.1. The van der Waals surface area contributed by atoms with E-state index in [1.54, 1.807) is 37.3 Å². The van der Waals surface area contributed by atoms with Crippen LogP contribution in [0.5, 0.6) is 5.88 Å². The zero-order valence-corrected chi connectivity index (χ0v) is 14.4. The van der Waals surface area contributed by atoms with Crippen LogP contribution in [0.1, 0.15) is 31.2 Å². The van der Waals surface area contributed by atoms with E-state index in [2.05, 4.69) is 20.5 Å². The lowest BCUT2D eigenvalue weighted by Gasteiger charge is -2.22. The van der Waals surface area contributed by atoms with Gasteiger partial charge in [-0.2, -0.15) is 0 Å². The van der Waals surface area contributed by atoms with Gasteiger partial charge in [-0.05, 0) is 19.1 Å². The third-order valence-corrected chi connectivity index (χ3v) is 3.98. The second-order valence-corrected chi connectivity index (χ2v) is 5.64. The van der Waals surface area contributed by atoms with Crippen molar-refractivity contribution in [3.8, 4) is 5.88 Å². The van der Waals surface area contributed by atoms with Gasteiger partial charge in [0, 0.05) is 33.2 Å². The Bertz CT molecular complexity index is 735. The highest BCUT2D eigenvalue weighted by molar-refractivity contribution is 5.91. The molecule has 0 saturated carbocycles. The minimum absolute atomic E-state index is 0.0942. The molecule has 134 valence electrons. The van der Waals surface area contributed by atoms with Crippen LogP contribution in [0.3, 0.4) is 0 Å². The summed E-state index contributed by atoms with van der Waals surface area (Å²) in [5.41, 5.74) is 0.510. The molecule has 1 saturated heterocycles. The third kappa shape index (κ3) is 3.71. The summed E-state index contributed by atoms with van der Waals surface area (Å²) in [5, 5.41) is 10.7. The van der Waals surface area contributed by atoms with Crippen LogP contribution in [0.4, 0.5) is 10.5 Å². The number of pyridine rings is 1. The van der Waals surface area contributed by atoms with Crippen LogP contribution in [-0.2, 0) is 4.74 Å². The van der Waals surface area contributed by atoms with E-state index >= 15 is 0 Å². The molecule has 0 aliphatic carbocycles. The fourth-order valence-electron chi connectivity index (χ4n) is 2.80. The number of urea groups is 1. The van der Waals surface area contributed by atoms with E-state index < -0.39 is 0 Å². The molecule has 1 N–H and O–H groups in total. The van der Waals surface area contributed by atoms with Gasteiger partial charge in [0.05, 0.1) is 12.7 Å². The Morgan fingerprint density at radius 2 is 2.32 bits per heavy atom. The number of carbonyl (C=O) groups is 1. The summed E-state index contributed by atoms with van der Waals surface area (Å²) in [5.74, 6) is 1.25. The minimum Gasteiger partial charge on any atom is -0.476 e. The van der Waals surface area contributed by atoms with Crippen molar-refractivity contribution in [1.82, 2.24) is 20.1 Å². The average Bonchev–Trinajstić information content (AvgIpc) is 3.22. The predicted octanol–water partition coefficient (Wildman–Crippen LogP) is 2.17. The standard InChI is InChI=1S/C16H21N5O4/c1-4-24-14-12(6-5-7-17-14)18-16(22)21-9-11(23-3)8-13(21)15-20-19-10(2)25-15/h5-7,11,13H,4,8-9H2,1-3H3,(H,18,22)/t11-,13+/m0/s1. The second kappa shape index (κ2) is 7.47. The first-order valence-corrected chi connectivity index (χ1v) is 8.10. The molecule has 0 aromatic carbocycles. The maximum Gasteiger partial charge on any atom is 0.322 e. The van der Waals surface area contributed by atoms with Gasteiger partial charge >= 0.3 is 6.03 Å². The molecular formula is C16H21N5O4. The Kier molecular flexibility index (Phi) is 5.13. The number of rotatable bonds is 5. The number of ether oxygens (including phenoxy) is 2. The molecule has 1 aliphatic heterocycles. The Hall–Kier alpha value is -2.68. The smallest absolute Gasteiger partial charge is 0.322 e. The summed E-state index contributed by atoms with van der Waals surface area (Å²) in [6.07, 6.45) is 2.11. The van der Waals surface area contributed by atoms with Crippen molar-refractivity contribution in [2.45, 2.75) is 32.4 Å². The zero-order chi connectivity index (χ0) is 17.8. The summed E-state index contributed by atoms with van der Waals surface area (Å²) >= 11 is 0. The Morgan fingerprint density at radius 1 is 1.48 bits per heavy atom. The first-order valence-electron chi connectivity index (χ1n) is 8.10. The van der Waals surface area contributed by atoms with E-state index in [1.165, 1.54) is 0 Å². The Labute approximate surface area is 145 Å². The highest BCUT2D eigenvalue weighted by Gasteiger charge is 2.39. The van der Waals surface area contributed by atoms with Gasteiger partial charge in [0.1, 0.15) is 11.7 Å². The minimum atomic E-state index is -0.335. The van der Waals surface area contributed by atoms with E-state index in [1.807, 2.05) is 6.92 Å². The van der Waals surface area contributed by atoms with Crippen LogP contribution in [0.2, 0.25) is 0 Å². The van der Waals surface area contributed by atoms with Crippen molar-refractivity contribution < 1.29 is 18.7 Å². The van der Waals surface area contributed by atoms with Crippen LogP contribution in [0.25, 0.3) is 0 Å². The molecule has 2 aromatic heterocycles. The fourth-order valence-corrected chi connectivity index (χ4v) is 2.80. The number of nitrogens with zero attached hydrogens (tertiary/aromatic N) is 4. The summed E-state index contributed by atoms with van der Waals surface area (Å²) in [6.45, 7) is 4.46. The number of hydrogen-bond acceptors (Lipinski definition) is 7. The lowest BCUT2D eigenvalue weighted by Crippen LogP contribution is -2.36. The molecular weight excluding hydrogens is 326 g/mol. The van der Waals surface area contributed by atoms with Crippen molar-refractivity contribution >= 4 is 11.7 Å². The molecule has 0 radical (unpaired) electrons. The molecule has 2 amide bonds. The lowest BCUT2D eigenvalue weighted by molar-refractivity contribution is 0.111. The topological polar surface area (TPSA) is 103 Å². The molecule has 9 heteroatoms. The third-order valence-electron chi connectivity index (χ3n) is 3.98. The van der Waals surface area contributed by atoms with Crippen LogP contribution < -0.4 is 10.1 Å². The Morgan fingerprint density at radius 3 is 3.00 bits per heavy atom. The van der Waals surface area contributed by atoms with E-state index in [-0.39, 0.29) is 18.2 Å². The van der Waals surface area contributed by atoms with E-state index in [4.69, 9.17) is 13.9 Å². The summed E-state index contributed by atoms with van der Waals surface area (Å²) in [6, 6.07) is 2.84. The molecule has 0 bridgehead atoms. The van der Waals surface area contributed by atoms with Gasteiger partial charge in [0.2, 0.25) is 17.7 Å². The quantitative estimate of drug-likeness (QED) is 0.884.